The second-order valence-electron chi connectivity index (χ2n) is 22.7. The first-order chi connectivity index (χ1) is 43.6. The predicted octanol–water partition coefficient (Wildman–Crippen LogP) is 9.36. The van der Waals surface area contributed by atoms with E-state index in [4.69, 9.17) is 38.5 Å². The second-order valence-corrected chi connectivity index (χ2v) is 22.7. The molecule has 27 heteroatoms. The van der Waals surface area contributed by atoms with Crippen LogP contribution in [0.4, 0.5) is 61.7 Å². The van der Waals surface area contributed by atoms with Crippen LogP contribution >= 0.6 is 0 Å². The van der Waals surface area contributed by atoms with Gasteiger partial charge in [-0.05, 0) is 73.9 Å². The van der Waals surface area contributed by atoms with E-state index in [1.54, 1.807) is 36.4 Å². The lowest BCUT2D eigenvalue weighted by Gasteiger charge is -2.29. The second kappa shape index (κ2) is 36.6. The lowest BCUT2D eigenvalue weighted by molar-refractivity contribution is -0.202. The molecule has 6 aliphatic rings. The van der Waals surface area contributed by atoms with Gasteiger partial charge in [0.1, 0.15) is 35.8 Å². The van der Waals surface area contributed by atoms with Gasteiger partial charge in [-0.15, -0.1) is 0 Å². The van der Waals surface area contributed by atoms with E-state index < -0.39 is 54.2 Å². The molecule has 9 rings (SSSR count). The molecule has 6 saturated heterocycles. The fourth-order valence-corrected chi connectivity index (χ4v) is 11.0. The van der Waals surface area contributed by atoms with Crippen LogP contribution in [0.15, 0.2) is 54.6 Å². The van der Waals surface area contributed by atoms with Crippen molar-refractivity contribution in [3.8, 4) is 0 Å². The molecule has 90 heavy (non-hydrogen) atoms. The number of hydrogen-bond donors (Lipinski definition) is 3. The number of benzene rings is 3. The number of rotatable bonds is 27. The van der Waals surface area contributed by atoms with E-state index in [1.807, 2.05) is 20.2 Å². The van der Waals surface area contributed by atoms with Crippen molar-refractivity contribution >= 4 is 70.2 Å². The molecule has 498 valence electrons. The highest BCUT2D eigenvalue weighted by molar-refractivity contribution is 5.92. The molecule has 6 heterocycles. The van der Waals surface area contributed by atoms with Gasteiger partial charge in [0.2, 0.25) is 5.91 Å². The lowest BCUT2D eigenvalue weighted by Crippen LogP contribution is -2.40. The molecule has 0 saturated carbocycles. The maximum absolute atomic E-state index is 14.9. The summed E-state index contributed by atoms with van der Waals surface area (Å²) in [6.45, 7) is 13.8. The number of nitrogens with one attached hydrogen (secondary N) is 1. The third-order valence-corrected chi connectivity index (χ3v) is 16.0. The Kier molecular flexibility index (Phi) is 28.6. The number of morpholine rings is 3. The third-order valence-electron chi connectivity index (χ3n) is 16.0. The summed E-state index contributed by atoms with van der Waals surface area (Å²) in [6.07, 6.45) is 8.27. The Morgan fingerprint density at radius 2 is 0.867 bits per heavy atom. The first-order valence-corrected chi connectivity index (χ1v) is 31.8. The number of carbonyl (C=O) groups excluding carboxylic acids is 6. The summed E-state index contributed by atoms with van der Waals surface area (Å²) >= 11 is 0. The summed E-state index contributed by atoms with van der Waals surface area (Å²) in [5.41, 5.74) is 4.61. The molecule has 0 unspecified atom stereocenters. The molecule has 5 amide bonds. The molecule has 3 aromatic rings. The Labute approximate surface area is 524 Å². The topological polar surface area (TPSA) is 245 Å². The average molecular weight is 1270 g/mol. The Bertz CT molecular complexity index is 2790. The zero-order valence-corrected chi connectivity index (χ0v) is 52.2. The van der Waals surface area contributed by atoms with Crippen LogP contribution in [0.25, 0.3) is 0 Å². The number of unbranched alkanes of at least 4 members (excludes halogenated alkanes) is 9. The van der Waals surface area contributed by atoms with Gasteiger partial charge >= 0.3 is 24.2 Å². The SMILES string of the molecule is CCCCCCC(=O)N(O)C[C@H]1CN(c2ccc(N3CCOCC3)c(F)c2)C(=O)O1.CCCCCCC(=O)ON(C[C@H]1CN(c2ccc(N3CCOCC3)c(F)c2)C(=O)O1)C(=O)CCCCCC.O=C1O[C@@H](CNO)CN1c1ccc(N2CCOCC2)c(F)c1. The highest BCUT2D eigenvalue weighted by atomic mass is 19.1. The van der Waals surface area contributed by atoms with Crippen molar-refractivity contribution in [3.05, 3.63) is 72.0 Å². The number of anilines is 6. The van der Waals surface area contributed by atoms with Crippen LogP contribution in [0.3, 0.4) is 0 Å². The van der Waals surface area contributed by atoms with Gasteiger partial charge in [0.25, 0.3) is 5.91 Å². The molecular formula is C63H90F3N9O15. The summed E-state index contributed by atoms with van der Waals surface area (Å²) in [5, 5.41) is 20.3. The molecule has 3 atom stereocenters. The number of ether oxygens (including phenoxy) is 6. The van der Waals surface area contributed by atoms with Gasteiger partial charge in [-0.1, -0.05) is 78.6 Å². The Morgan fingerprint density at radius 1 is 0.511 bits per heavy atom. The van der Waals surface area contributed by atoms with Gasteiger partial charge < -0.3 is 53.2 Å². The molecule has 0 aromatic heterocycles. The minimum atomic E-state index is -0.711. The molecule has 6 fully saturated rings. The largest absolute Gasteiger partial charge is 0.442 e. The molecule has 0 radical (unpaired) electrons. The minimum Gasteiger partial charge on any atom is -0.442 e. The zero-order chi connectivity index (χ0) is 64.4. The summed E-state index contributed by atoms with van der Waals surface area (Å²) in [6, 6.07) is 14.0. The smallest absolute Gasteiger partial charge is 0.414 e. The molecule has 6 aliphatic heterocycles. The molecule has 3 N–H and O–H groups in total. The maximum Gasteiger partial charge on any atom is 0.414 e. The first-order valence-electron chi connectivity index (χ1n) is 31.8. The number of carbonyl (C=O) groups is 6. The van der Waals surface area contributed by atoms with E-state index in [0.717, 1.165) is 69.3 Å². The van der Waals surface area contributed by atoms with Crippen molar-refractivity contribution in [1.82, 2.24) is 15.6 Å². The van der Waals surface area contributed by atoms with E-state index >= 15 is 0 Å². The Hall–Kier alpha value is -7.17. The van der Waals surface area contributed by atoms with Gasteiger partial charge in [-0.2, -0.15) is 5.06 Å². The quantitative estimate of drug-likeness (QED) is 0.0278. The van der Waals surface area contributed by atoms with Crippen LogP contribution in [-0.2, 0) is 47.6 Å². The van der Waals surface area contributed by atoms with Crippen molar-refractivity contribution < 1.29 is 85.6 Å². The van der Waals surface area contributed by atoms with Gasteiger partial charge in [0, 0.05) is 58.5 Å². The molecule has 0 spiro atoms. The number of nitrogens with zero attached hydrogens (tertiary/aromatic N) is 8. The molecule has 0 bridgehead atoms. The lowest BCUT2D eigenvalue weighted by atomic mass is 10.1. The summed E-state index contributed by atoms with van der Waals surface area (Å²) in [5.74, 6) is -2.39. The molecule has 3 aromatic carbocycles. The van der Waals surface area contributed by atoms with Gasteiger partial charge in [0.05, 0.1) is 113 Å². The molecular weight excluding hydrogens is 1180 g/mol. The summed E-state index contributed by atoms with van der Waals surface area (Å²) in [7, 11) is 0. The van der Waals surface area contributed by atoms with Crippen LogP contribution in [0.1, 0.15) is 117 Å². The predicted molar refractivity (Wildman–Crippen MR) is 329 cm³/mol. The average Bonchev–Trinajstić information content (AvgIpc) is 2.32. The number of hydrogen-bond acceptors (Lipinski definition) is 19. The Balaban J connectivity index is 0.000000199. The van der Waals surface area contributed by atoms with E-state index in [0.29, 0.717) is 131 Å². The van der Waals surface area contributed by atoms with Crippen LogP contribution in [0, 0.1) is 17.5 Å². The normalized spacial score (nSPS) is 19.2. The van der Waals surface area contributed by atoms with Gasteiger partial charge in [-0.25, -0.2) is 42.9 Å². The third kappa shape index (κ3) is 20.9. The van der Waals surface area contributed by atoms with Gasteiger partial charge in [0.15, 0.2) is 0 Å². The maximum atomic E-state index is 14.9. The summed E-state index contributed by atoms with van der Waals surface area (Å²) in [4.78, 5) is 89.2. The standard InChI is InChI=1S/C28H42FN3O6.C21H30FN3O5.C14H18FN3O4/c1-3-5-7-9-11-26(33)32(38-27(34)12-10-8-6-4-2)21-23-20-31(28(35)37-23)22-13-14-25(24(29)19-22)30-15-17-36-18-16-30;1-2-3-4-5-6-20(26)25(28)15-17-14-24(21(27)30-17)16-7-8-19(18(22)13-16)23-9-11-29-12-10-23;15-12-7-10(18-9-11(8-16-20)22-14(18)19)1-2-13(12)17-3-5-21-6-4-17/h13-14,19,23H,3-12,15-18,20-21H2,1-2H3;7-8,13,17,28H,2-6,9-12,14-15H2,1H3;1-2,7,11,16,20H,3-6,8-9H2/t23-;17-;11-/m110/s1. The van der Waals surface area contributed by atoms with Crippen LogP contribution in [0.5, 0.6) is 0 Å². The van der Waals surface area contributed by atoms with E-state index in [9.17, 15) is 47.1 Å². The van der Waals surface area contributed by atoms with Gasteiger partial charge in [-0.3, -0.25) is 29.5 Å². The molecule has 0 aliphatic carbocycles. The van der Waals surface area contributed by atoms with Crippen molar-refractivity contribution in [2.45, 2.75) is 135 Å². The Morgan fingerprint density at radius 3 is 1.24 bits per heavy atom. The van der Waals surface area contributed by atoms with Crippen molar-refractivity contribution in [2.24, 2.45) is 0 Å². The van der Waals surface area contributed by atoms with Crippen LogP contribution < -0.4 is 34.9 Å². The fraction of sp³-hybridized carbons (Fsp3) is 0.619. The number of amides is 5. The van der Waals surface area contributed by atoms with Crippen molar-refractivity contribution in [2.75, 3.05) is 148 Å². The van der Waals surface area contributed by atoms with Crippen LogP contribution in [0.2, 0.25) is 0 Å². The van der Waals surface area contributed by atoms with Crippen molar-refractivity contribution in [1.29, 1.82) is 0 Å². The highest BCUT2D eigenvalue weighted by Gasteiger charge is 2.38. The van der Waals surface area contributed by atoms with Crippen molar-refractivity contribution in [3.63, 3.8) is 0 Å². The number of cyclic esters (lactones) is 3. The fourth-order valence-electron chi connectivity index (χ4n) is 11.0. The van der Waals surface area contributed by atoms with E-state index in [-0.39, 0.29) is 76.2 Å². The first kappa shape index (κ1) is 70.3. The minimum absolute atomic E-state index is 0.0656. The monoisotopic (exact) mass is 1270 g/mol. The number of hydroxylamine groups is 5. The summed E-state index contributed by atoms with van der Waals surface area (Å²) < 4.78 is 75.6. The molecule has 24 nitrogen and oxygen atoms in total. The zero-order valence-electron chi connectivity index (χ0n) is 52.2. The van der Waals surface area contributed by atoms with E-state index in [2.05, 4.69) is 20.8 Å². The van der Waals surface area contributed by atoms with E-state index in [1.165, 1.54) is 32.9 Å². The highest BCUT2D eigenvalue weighted by Crippen LogP contribution is 2.32. The number of halogens is 3. The van der Waals surface area contributed by atoms with Crippen LogP contribution in [-0.4, -0.2) is 193 Å².